The summed E-state index contributed by atoms with van der Waals surface area (Å²) in [5.41, 5.74) is 2.48. The fraction of sp³-hybridized carbons (Fsp3) is 0.316. The molecule has 0 spiro atoms. The van der Waals surface area contributed by atoms with Crippen molar-refractivity contribution in [2.24, 2.45) is 0 Å². The fourth-order valence-electron chi connectivity index (χ4n) is 3.06. The van der Waals surface area contributed by atoms with E-state index in [9.17, 15) is 8.42 Å². The van der Waals surface area contributed by atoms with Gasteiger partial charge in [-0.25, -0.2) is 8.42 Å². The summed E-state index contributed by atoms with van der Waals surface area (Å²) in [5.74, 6) is 0.366. The first-order chi connectivity index (χ1) is 12.5. The van der Waals surface area contributed by atoms with Crippen LogP contribution in [0.2, 0.25) is 0 Å². The van der Waals surface area contributed by atoms with Gasteiger partial charge in [0.1, 0.15) is 10.6 Å². The monoisotopic (exact) mass is 371 g/mol. The number of aryl methyl sites for hydroxylation is 1. The molecule has 0 amide bonds. The number of piperazine rings is 1. The number of rotatable bonds is 4. The van der Waals surface area contributed by atoms with E-state index in [2.05, 4.69) is 11.0 Å². The van der Waals surface area contributed by atoms with Crippen LogP contribution >= 0.6 is 0 Å². The van der Waals surface area contributed by atoms with Crippen LogP contribution in [0.15, 0.2) is 47.4 Å². The first kappa shape index (κ1) is 18.2. The molecule has 2 aromatic carbocycles. The molecule has 0 N–H and O–H groups in total. The minimum absolute atomic E-state index is 0.215. The zero-order valence-electron chi connectivity index (χ0n) is 14.8. The van der Waals surface area contributed by atoms with Gasteiger partial charge in [-0.1, -0.05) is 6.07 Å². The van der Waals surface area contributed by atoms with E-state index in [1.807, 2.05) is 25.1 Å². The molecule has 1 heterocycles. The molecule has 0 aromatic heterocycles. The second-order valence-corrected chi connectivity index (χ2v) is 8.11. The number of ether oxygens (including phenoxy) is 1. The van der Waals surface area contributed by atoms with E-state index in [1.165, 1.54) is 11.4 Å². The van der Waals surface area contributed by atoms with E-state index in [4.69, 9.17) is 10.00 Å². The molecule has 3 rings (SSSR count). The van der Waals surface area contributed by atoms with Gasteiger partial charge in [0.25, 0.3) is 0 Å². The maximum absolute atomic E-state index is 13.0. The summed E-state index contributed by atoms with van der Waals surface area (Å²) >= 11 is 0. The molecule has 7 heteroatoms. The van der Waals surface area contributed by atoms with Gasteiger partial charge in [-0.2, -0.15) is 9.57 Å². The van der Waals surface area contributed by atoms with Gasteiger partial charge < -0.3 is 9.64 Å². The van der Waals surface area contributed by atoms with Gasteiger partial charge in [0, 0.05) is 31.9 Å². The number of hydrogen-bond acceptors (Lipinski definition) is 5. The van der Waals surface area contributed by atoms with Crippen molar-refractivity contribution < 1.29 is 13.2 Å². The van der Waals surface area contributed by atoms with Crippen molar-refractivity contribution in [3.63, 3.8) is 0 Å². The van der Waals surface area contributed by atoms with E-state index < -0.39 is 10.0 Å². The highest BCUT2D eigenvalue weighted by molar-refractivity contribution is 7.89. The largest absolute Gasteiger partial charge is 0.495 e. The minimum atomic E-state index is -3.60. The zero-order valence-corrected chi connectivity index (χ0v) is 15.7. The van der Waals surface area contributed by atoms with Gasteiger partial charge in [-0.05, 0) is 48.9 Å². The highest BCUT2D eigenvalue weighted by Crippen LogP contribution is 2.29. The molecule has 26 heavy (non-hydrogen) atoms. The van der Waals surface area contributed by atoms with Crippen LogP contribution in [0.5, 0.6) is 5.75 Å². The van der Waals surface area contributed by atoms with Crippen molar-refractivity contribution in [2.45, 2.75) is 11.8 Å². The smallest absolute Gasteiger partial charge is 0.246 e. The van der Waals surface area contributed by atoms with Crippen LogP contribution in [0.1, 0.15) is 11.1 Å². The lowest BCUT2D eigenvalue weighted by molar-refractivity contribution is 0.374. The molecule has 0 saturated carbocycles. The van der Waals surface area contributed by atoms with Crippen LogP contribution in [-0.2, 0) is 10.0 Å². The number of nitrogens with zero attached hydrogens (tertiary/aromatic N) is 3. The topological polar surface area (TPSA) is 73.6 Å². The Labute approximate surface area is 154 Å². The van der Waals surface area contributed by atoms with Crippen LogP contribution in [-0.4, -0.2) is 46.0 Å². The Morgan fingerprint density at radius 1 is 1.04 bits per heavy atom. The predicted molar refractivity (Wildman–Crippen MR) is 99.9 cm³/mol. The Hall–Kier alpha value is -2.56. The normalized spacial score (nSPS) is 15.5. The summed E-state index contributed by atoms with van der Waals surface area (Å²) in [6.45, 7) is 3.86. The van der Waals surface area contributed by atoms with Crippen molar-refractivity contribution in [2.75, 3.05) is 38.2 Å². The molecular weight excluding hydrogens is 350 g/mol. The number of nitriles is 1. The molecule has 0 bridgehead atoms. The SMILES string of the molecule is COc1ccc(C)cc1S(=O)(=O)N1CCN(c2ccc(C#N)cc2)CC1. The van der Waals surface area contributed by atoms with Crippen molar-refractivity contribution in [3.05, 3.63) is 53.6 Å². The number of sulfonamides is 1. The molecule has 6 nitrogen and oxygen atoms in total. The molecule has 0 aliphatic carbocycles. The number of benzene rings is 2. The summed E-state index contributed by atoms with van der Waals surface area (Å²) in [4.78, 5) is 2.34. The van der Waals surface area contributed by atoms with Gasteiger partial charge in [0.05, 0.1) is 18.7 Å². The lowest BCUT2D eigenvalue weighted by Crippen LogP contribution is -2.48. The van der Waals surface area contributed by atoms with E-state index in [-0.39, 0.29) is 4.90 Å². The van der Waals surface area contributed by atoms with E-state index in [1.54, 1.807) is 24.3 Å². The van der Waals surface area contributed by atoms with Gasteiger partial charge in [0.2, 0.25) is 10.0 Å². The molecule has 1 aliphatic heterocycles. The number of anilines is 1. The minimum Gasteiger partial charge on any atom is -0.495 e. The molecule has 0 unspecified atom stereocenters. The highest BCUT2D eigenvalue weighted by Gasteiger charge is 2.31. The zero-order chi connectivity index (χ0) is 18.7. The second-order valence-electron chi connectivity index (χ2n) is 6.20. The van der Waals surface area contributed by atoms with Gasteiger partial charge in [-0.15, -0.1) is 0 Å². The molecule has 136 valence electrons. The Kier molecular flexibility index (Phi) is 5.16. The van der Waals surface area contributed by atoms with Gasteiger partial charge in [-0.3, -0.25) is 0 Å². The van der Waals surface area contributed by atoms with Gasteiger partial charge in [0.15, 0.2) is 0 Å². The third kappa shape index (κ3) is 3.52. The van der Waals surface area contributed by atoms with Crippen LogP contribution < -0.4 is 9.64 Å². The molecule has 1 fully saturated rings. The molecule has 2 aromatic rings. The van der Waals surface area contributed by atoms with E-state index in [0.29, 0.717) is 37.5 Å². The Morgan fingerprint density at radius 3 is 2.27 bits per heavy atom. The third-order valence-electron chi connectivity index (χ3n) is 4.54. The average Bonchev–Trinajstić information content (AvgIpc) is 2.68. The van der Waals surface area contributed by atoms with Crippen LogP contribution in [0.25, 0.3) is 0 Å². The highest BCUT2D eigenvalue weighted by atomic mass is 32.2. The Bertz CT molecular complexity index is 925. The lowest BCUT2D eigenvalue weighted by Gasteiger charge is -2.35. The Balaban J connectivity index is 1.76. The Morgan fingerprint density at radius 2 is 1.69 bits per heavy atom. The van der Waals surface area contributed by atoms with Crippen molar-refractivity contribution in [3.8, 4) is 11.8 Å². The van der Waals surface area contributed by atoms with Crippen molar-refractivity contribution in [1.29, 1.82) is 5.26 Å². The predicted octanol–water partition coefficient (Wildman–Crippen LogP) is 2.39. The summed E-state index contributed by atoms with van der Waals surface area (Å²) in [6.07, 6.45) is 0. The molecule has 1 aliphatic rings. The summed E-state index contributed by atoms with van der Waals surface area (Å²) in [6, 6.07) is 14.6. The standard InChI is InChI=1S/C19H21N3O3S/c1-15-3-8-18(25-2)19(13-15)26(23,24)22-11-9-21(10-12-22)17-6-4-16(14-20)5-7-17/h3-8,13H,9-12H2,1-2H3. The summed E-state index contributed by atoms with van der Waals surface area (Å²) < 4.78 is 32.8. The summed E-state index contributed by atoms with van der Waals surface area (Å²) in [5, 5.41) is 8.89. The van der Waals surface area contributed by atoms with Crippen molar-refractivity contribution in [1.82, 2.24) is 4.31 Å². The lowest BCUT2D eigenvalue weighted by atomic mass is 10.2. The third-order valence-corrected chi connectivity index (χ3v) is 6.46. The second kappa shape index (κ2) is 7.36. The van der Waals surface area contributed by atoms with Gasteiger partial charge >= 0.3 is 0 Å². The first-order valence-corrected chi connectivity index (χ1v) is 9.79. The molecule has 0 atom stereocenters. The molecular formula is C19H21N3O3S. The molecule has 0 radical (unpaired) electrons. The number of methoxy groups -OCH3 is 1. The average molecular weight is 371 g/mol. The maximum Gasteiger partial charge on any atom is 0.246 e. The number of hydrogen-bond donors (Lipinski definition) is 0. The van der Waals surface area contributed by atoms with Crippen LogP contribution in [0.3, 0.4) is 0 Å². The van der Waals surface area contributed by atoms with Crippen LogP contribution in [0, 0.1) is 18.3 Å². The summed E-state index contributed by atoms with van der Waals surface area (Å²) in [7, 11) is -2.13. The maximum atomic E-state index is 13.0. The first-order valence-electron chi connectivity index (χ1n) is 8.35. The van der Waals surface area contributed by atoms with Crippen molar-refractivity contribution >= 4 is 15.7 Å². The van der Waals surface area contributed by atoms with E-state index >= 15 is 0 Å². The van der Waals surface area contributed by atoms with E-state index in [0.717, 1.165) is 11.3 Å². The molecule has 1 saturated heterocycles. The fourth-order valence-corrected chi connectivity index (χ4v) is 4.72. The van der Waals surface area contributed by atoms with Crippen LogP contribution in [0.4, 0.5) is 5.69 Å². The quantitative estimate of drug-likeness (QED) is 0.825.